The number of allylic oxidation sites excluding steroid dienone is 1. The van der Waals surface area contributed by atoms with Gasteiger partial charge in [0.1, 0.15) is 0 Å². The van der Waals surface area contributed by atoms with Gasteiger partial charge in [-0.05, 0) is 42.0 Å². The molecular formula is C19H17NO. The highest BCUT2D eigenvalue weighted by atomic mass is 16.1. The van der Waals surface area contributed by atoms with Crippen molar-refractivity contribution in [3.8, 4) is 0 Å². The number of benzene rings is 2. The number of carbonyl (C=O) groups excluding carboxylic acids is 1. The Balaban J connectivity index is 2.11. The second-order valence-corrected chi connectivity index (χ2v) is 5.78. The Bertz CT molecular complexity index is 808. The SMILES string of the molecule is CNc1c(C)ccc2c1C(=O)c1ccccc1C2=C1CC1. The zero-order chi connectivity index (χ0) is 14.6. The van der Waals surface area contributed by atoms with Crippen molar-refractivity contribution in [2.45, 2.75) is 19.8 Å². The first-order valence-electron chi connectivity index (χ1n) is 7.40. The summed E-state index contributed by atoms with van der Waals surface area (Å²) in [6.07, 6.45) is 2.31. The van der Waals surface area contributed by atoms with Crippen LogP contribution >= 0.6 is 0 Å². The van der Waals surface area contributed by atoms with Gasteiger partial charge in [0.15, 0.2) is 5.78 Å². The number of fused-ring (bicyclic) bond motifs is 2. The maximum absolute atomic E-state index is 13.0. The van der Waals surface area contributed by atoms with E-state index in [1.54, 1.807) is 0 Å². The molecule has 0 bridgehead atoms. The fraction of sp³-hybridized carbons (Fsp3) is 0.211. The van der Waals surface area contributed by atoms with E-state index in [0.717, 1.165) is 46.3 Å². The van der Waals surface area contributed by atoms with Crippen LogP contribution in [0.5, 0.6) is 0 Å². The largest absolute Gasteiger partial charge is 0.387 e. The molecular weight excluding hydrogens is 258 g/mol. The third kappa shape index (κ3) is 1.69. The first kappa shape index (κ1) is 12.4. The first-order chi connectivity index (χ1) is 10.2. The van der Waals surface area contributed by atoms with Crippen molar-refractivity contribution in [2.24, 2.45) is 0 Å². The Morgan fingerprint density at radius 2 is 1.67 bits per heavy atom. The van der Waals surface area contributed by atoms with Crippen LogP contribution in [0.2, 0.25) is 0 Å². The Hall–Kier alpha value is -2.35. The topological polar surface area (TPSA) is 29.1 Å². The Kier molecular flexibility index (Phi) is 2.55. The zero-order valence-electron chi connectivity index (χ0n) is 12.3. The van der Waals surface area contributed by atoms with Crippen molar-refractivity contribution in [3.63, 3.8) is 0 Å². The summed E-state index contributed by atoms with van der Waals surface area (Å²) in [7, 11) is 1.89. The number of hydrogen-bond acceptors (Lipinski definition) is 2. The van der Waals surface area contributed by atoms with Gasteiger partial charge in [-0.2, -0.15) is 0 Å². The maximum atomic E-state index is 13.0. The predicted molar refractivity (Wildman–Crippen MR) is 85.9 cm³/mol. The van der Waals surface area contributed by atoms with E-state index in [-0.39, 0.29) is 5.78 Å². The number of carbonyl (C=O) groups is 1. The van der Waals surface area contributed by atoms with Gasteiger partial charge in [0.05, 0.1) is 5.56 Å². The molecule has 0 aliphatic heterocycles. The molecule has 2 heteroatoms. The van der Waals surface area contributed by atoms with Crippen molar-refractivity contribution in [1.29, 1.82) is 0 Å². The van der Waals surface area contributed by atoms with Crippen molar-refractivity contribution < 1.29 is 4.79 Å². The van der Waals surface area contributed by atoms with E-state index in [0.29, 0.717) is 0 Å². The predicted octanol–water partition coefficient (Wildman–Crippen LogP) is 4.18. The Labute approximate surface area is 124 Å². The summed E-state index contributed by atoms with van der Waals surface area (Å²) < 4.78 is 0. The van der Waals surface area contributed by atoms with Crippen LogP contribution in [0.15, 0.2) is 42.0 Å². The molecule has 0 spiro atoms. The summed E-state index contributed by atoms with van der Waals surface area (Å²) in [5, 5.41) is 3.22. The summed E-state index contributed by atoms with van der Waals surface area (Å²) in [5.41, 5.74) is 8.72. The summed E-state index contributed by atoms with van der Waals surface area (Å²) in [4.78, 5) is 13.0. The van der Waals surface area contributed by atoms with Crippen LogP contribution in [0.25, 0.3) is 5.57 Å². The monoisotopic (exact) mass is 275 g/mol. The number of rotatable bonds is 1. The lowest BCUT2D eigenvalue weighted by molar-refractivity contribution is 0.103. The minimum absolute atomic E-state index is 0.138. The minimum atomic E-state index is 0.138. The van der Waals surface area contributed by atoms with Gasteiger partial charge in [-0.1, -0.05) is 42.0 Å². The molecule has 104 valence electrons. The molecule has 2 aromatic rings. The Morgan fingerprint density at radius 3 is 2.33 bits per heavy atom. The van der Waals surface area contributed by atoms with Crippen LogP contribution in [0.4, 0.5) is 5.69 Å². The second kappa shape index (κ2) is 4.32. The highest BCUT2D eigenvalue weighted by molar-refractivity contribution is 6.22. The second-order valence-electron chi connectivity index (χ2n) is 5.78. The van der Waals surface area contributed by atoms with Crippen LogP contribution in [-0.4, -0.2) is 12.8 Å². The van der Waals surface area contributed by atoms with E-state index in [2.05, 4.69) is 23.5 Å². The molecule has 4 rings (SSSR count). The van der Waals surface area contributed by atoms with Gasteiger partial charge >= 0.3 is 0 Å². The average molecular weight is 275 g/mol. The van der Waals surface area contributed by atoms with E-state index in [1.807, 2.05) is 32.2 Å². The lowest BCUT2D eigenvalue weighted by Crippen LogP contribution is -2.17. The van der Waals surface area contributed by atoms with Gasteiger partial charge in [-0.25, -0.2) is 0 Å². The summed E-state index contributed by atoms with van der Waals surface area (Å²) in [5.74, 6) is 0.138. The molecule has 2 aliphatic carbocycles. The third-order valence-corrected chi connectivity index (χ3v) is 4.45. The molecule has 0 atom stereocenters. The van der Waals surface area contributed by atoms with Gasteiger partial charge in [0, 0.05) is 18.3 Å². The first-order valence-corrected chi connectivity index (χ1v) is 7.40. The number of ketones is 1. The molecule has 1 N–H and O–H groups in total. The molecule has 0 radical (unpaired) electrons. The number of nitrogens with one attached hydrogen (secondary N) is 1. The van der Waals surface area contributed by atoms with Gasteiger partial charge in [-0.3, -0.25) is 4.79 Å². The van der Waals surface area contributed by atoms with E-state index in [9.17, 15) is 4.79 Å². The van der Waals surface area contributed by atoms with E-state index < -0.39 is 0 Å². The van der Waals surface area contributed by atoms with Crippen LogP contribution < -0.4 is 5.32 Å². The molecule has 0 amide bonds. The number of hydrogen-bond donors (Lipinski definition) is 1. The molecule has 1 fully saturated rings. The zero-order valence-corrected chi connectivity index (χ0v) is 12.3. The molecule has 0 aromatic heterocycles. The van der Waals surface area contributed by atoms with Gasteiger partial charge in [-0.15, -0.1) is 0 Å². The normalized spacial score (nSPS) is 15.6. The molecule has 21 heavy (non-hydrogen) atoms. The van der Waals surface area contributed by atoms with Gasteiger partial charge in [0.2, 0.25) is 0 Å². The van der Waals surface area contributed by atoms with Crippen molar-refractivity contribution >= 4 is 17.0 Å². The molecule has 1 saturated carbocycles. The molecule has 0 unspecified atom stereocenters. The highest BCUT2D eigenvalue weighted by Gasteiger charge is 2.33. The molecule has 0 saturated heterocycles. The highest BCUT2D eigenvalue weighted by Crippen LogP contribution is 2.47. The lowest BCUT2D eigenvalue weighted by atomic mass is 9.79. The van der Waals surface area contributed by atoms with Gasteiger partial charge in [0.25, 0.3) is 0 Å². The molecule has 2 aliphatic rings. The van der Waals surface area contributed by atoms with Crippen LogP contribution in [-0.2, 0) is 0 Å². The van der Waals surface area contributed by atoms with Crippen LogP contribution in [0.1, 0.15) is 45.5 Å². The van der Waals surface area contributed by atoms with E-state index in [1.165, 1.54) is 11.1 Å². The minimum Gasteiger partial charge on any atom is -0.387 e. The smallest absolute Gasteiger partial charge is 0.196 e. The fourth-order valence-corrected chi connectivity index (χ4v) is 3.35. The van der Waals surface area contributed by atoms with Crippen molar-refractivity contribution in [1.82, 2.24) is 0 Å². The Morgan fingerprint density at radius 1 is 0.952 bits per heavy atom. The standard InChI is InChI=1S/C19H17NO/c1-11-7-10-15-16(12-8-9-12)13-5-3-4-6-14(13)19(21)17(15)18(11)20-2/h3-7,10,20H,8-9H2,1-2H3. The molecule has 2 aromatic carbocycles. The maximum Gasteiger partial charge on any atom is 0.196 e. The van der Waals surface area contributed by atoms with E-state index >= 15 is 0 Å². The van der Waals surface area contributed by atoms with E-state index in [4.69, 9.17) is 0 Å². The number of anilines is 1. The van der Waals surface area contributed by atoms with Crippen molar-refractivity contribution in [2.75, 3.05) is 12.4 Å². The molecule has 2 nitrogen and oxygen atoms in total. The van der Waals surface area contributed by atoms with Crippen LogP contribution in [0, 0.1) is 6.92 Å². The average Bonchev–Trinajstić information content (AvgIpc) is 3.33. The van der Waals surface area contributed by atoms with Gasteiger partial charge < -0.3 is 5.32 Å². The third-order valence-electron chi connectivity index (χ3n) is 4.45. The summed E-state index contributed by atoms with van der Waals surface area (Å²) in [6.45, 7) is 2.05. The summed E-state index contributed by atoms with van der Waals surface area (Å²) >= 11 is 0. The number of aryl methyl sites for hydroxylation is 1. The van der Waals surface area contributed by atoms with Crippen molar-refractivity contribution in [3.05, 3.63) is 69.8 Å². The lowest BCUT2D eigenvalue weighted by Gasteiger charge is -2.25. The summed E-state index contributed by atoms with van der Waals surface area (Å²) in [6, 6.07) is 12.2. The molecule has 0 heterocycles. The quantitative estimate of drug-likeness (QED) is 0.722. The fourth-order valence-electron chi connectivity index (χ4n) is 3.35. The van der Waals surface area contributed by atoms with Crippen LogP contribution in [0.3, 0.4) is 0 Å².